The average molecular weight is 382 g/mol. The third-order valence-electron chi connectivity index (χ3n) is 3.98. The lowest BCUT2D eigenvalue weighted by atomic mass is 10.1. The van der Waals surface area contributed by atoms with Crippen LogP contribution >= 0.6 is 0 Å². The molecule has 8 heteroatoms. The van der Waals surface area contributed by atoms with Gasteiger partial charge in [0.1, 0.15) is 5.58 Å². The number of ether oxygens (including phenoxy) is 2. The largest absolute Gasteiger partial charge is 0.493 e. The molecule has 0 radical (unpaired) electrons. The Hall–Kier alpha value is -3.81. The van der Waals surface area contributed by atoms with Gasteiger partial charge in [-0.1, -0.05) is 12.1 Å². The van der Waals surface area contributed by atoms with Crippen molar-refractivity contribution in [2.24, 2.45) is 0 Å². The minimum atomic E-state index is -0.681. The van der Waals surface area contributed by atoms with E-state index in [0.717, 1.165) is 0 Å². The second-order valence-electron chi connectivity index (χ2n) is 5.80. The topological polar surface area (TPSA) is 107 Å². The molecule has 0 aliphatic carbocycles. The number of carbonyl (C=O) groups excluding carboxylic acids is 2. The Kier molecular flexibility index (Phi) is 5.30. The summed E-state index contributed by atoms with van der Waals surface area (Å²) in [5.74, 6) is -0.662. The molecule has 2 aromatic carbocycles. The minimum absolute atomic E-state index is 0.00534. The Morgan fingerprint density at radius 3 is 2.46 bits per heavy atom. The minimum Gasteiger partial charge on any atom is -0.493 e. The zero-order valence-corrected chi connectivity index (χ0v) is 15.5. The molecule has 144 valence electrons. The van der Waals surface area contributed by atoms with Crippen molar-refractivity contribution in [3.05, 3.63) is 58.4 Å². The molecule has 28 heavy (non-hydrogen) atoms. The molecule has 0 bridgehead atoms. The van der Waals surface area contributed by atoms with Gasteiger partial charge in [-0.3, -0.25) is 9.59 Å². The van der Waals surface area contributed by atoms with E-state index in [1.54, 1.807) is 31.3 Å². The van der Waals surface area contributed by atoms with Gasteiger partial charge < -0.3 is 24.5 Å². The first-order valence-corrected chi connectivity index (χ1v) is 8.36. The Bertz CT molecular complexity index is 1120. The van der Waals surface area contributed by atoms with Crippen LogP contribution in [0.2, 0.25) is 0 Å². The first-order valence-electron chi connectivity index (χ1n) is 8.36. The van der Waals surface area contributed by atoms with E-state index in [0.29, 0.717) is 16.7 Å². The molecule has 0 spiro atoms. The molecule has 0 aliphatic rings. The number of nitrogens with one attached hydrogen (secondary N) is 2. The van der Waals surface area contributed by atoms with Crippen molar-refractivity contribution in [3.8, 4) is 11.5 Å². The van der Waals surface area contributed by atoms with Crippen molar-refractivity contribution in [2.45, 2.75) is 6.92 Å². The lowest BCUT2D eigenvalue weighted by Gasteiger charge is -2.13. The van der Waals surface area contributed by atoms with Crippen LogP contribution in [0.5, 0.6) is 11.5 Å². The lowest BCUT2D eigenvalue weighted by molar-refractivity contribution is -0.132. The van der Waals surface area contributed by atoms with Crippen molar-refractivity contribution in [3.63, 3.8) is 0 Å². The van der Waals surface area contributed by atoms with Gasteiger partial charge in [0.05, 0.1) is 12.8 Å². The molecule has 0 aliphatic heterocycles. The standard InChI is InChI=1S/C20H18N2O6/c1-11(23)27-15-9-8-12(10-16(15)26-3)19(24)22-18-17(21-2)13-6-4-5-7-14(13)28-20(18)25/h4-10,21H,1-3H3,(H,22,24). The van der Waals surface area contributed by atoms with E-state index >= 15 is 0 Å². The fourth-order valence-electron chi connectivity index (χ4n) is 2.76. The van der Waals surface area contributed by atoms with Crippen LogP contribution in [0.4, 0.5) is 11.4 Å². The summed E-state index contributed by atoms with van der Waals surface area (Å²) in [4.78, 5) is 36.2. The van der Waals surface area contributed by atoms with Gasteiger partial charge in [0, 0.05) is 24.9 Å². The van der Waals surface area contributed by atoms with E-state index in [1.807, 2.05) is 0 Å². The number of benzene rings is 2. The van der Waals surface area contributed by atoms with E-state index in [2.05, 4.69) is 10.6 Å². The van der Waals surface area contributed by atoms with Crippen molar-refractivity contribution >= 4 is 34.2 Å². The molecule has 3 rings (SSSR count). The average Bonchev–Trinajstić information content (AvgIpc) is 2.68. The molecule has 0 saturated heterocycles. The summed E-state index contributed by atoms with van der Waals surface area (Å²) in [6.07, 6.45) is 0. The van der Waals surface area contributed by atoms with E-state index in [-0.39, 0.29) is 22.7 Å². The summed E-state index contributed by atoms with van der Waals surface area (Å²) in [7, 11) is 3.04. The molecule has 0 atom stereocenters. The summed E-state index contributed by atoms with van der Waals surface area (Å²) >= 11 is 0. The number of amides is 1. The summed E-state index contributed by atoms with van der Waals surface area (Å²) in [6.45, 7) is 1.26. The highest BCUT2D eigenvalue weighted by Crippen LogP contribution is 2.30. The predicted molar refractivity (Wildman–Crippen MR) is 104 cm³/mol. The van der Waals surface area contributed by atoms with Crippen LogP contribution in [-0.4, -0.2) is 26.0 Å². The van der Waals surface area contributed by atoms with Crippen molar-refractivity contribution < 1.29 is 23.5 Å². The van der Waals surface area contributed by atoms with Gasteiger partial charge in [0.2, 0.25) is 0 Å². The Morgan fingerprint density at radius 1 is 1.04 bits per heavy atom. The highest BCUT2D eigenvalue weighted by molar-refractivity contribution is 6.08. The maximum Gasteiger partial charge on any atom is 0.362 e. The third-order valence-corrected chi connectivity index (χ3v) is 3.98. The highest BCUT2D eigenvalue weighted by Gasteiger charge is 2.18. The van der Waals surface area contributed by atoms with Gasteiger partial charge in [-0.2, -0.15) is 0 Å². The quantitative estimate of drug-likeness (QED) is 0.397. The molecule has 1 heterocycles. The summed E-state index contributed by atoms with van der Waals surface area (Å²) < 4.78 is 15.5. The number of hydrogen-bond donors (Lipinski definition) is 2. The molecule has 0 fully saturated rings. The second-order valence-corrected chi connectivity index (χ2v) is 5.80. The van der Waals surface area contributed by atoms with Crippen LogP contribution in [0.1, 0.15) is 17.3 Å². The molecule has 8 nitrogen and oxygen atoms in total. The molecule has 1 aromatic heterocycles. The Labute approximate surface area is 160 Å². The number of methoxy groups -OCH3 is 1. The van der Waals surface area contributed by atoms with Gasteiger partial charge in [-0.15, -0.1) is 0 Å². The van der Waals surface area contributed by atoms with E-state index in [4.69, 9.17) is 13.9 Å². The second kappa shape index (κ2) is 7.83. The third kappa shape index (κ3) is 3.66. The molecule has 3 aromatic rings. The highest BCUT2D eigenvalue weighted by atomic mass is 16.6. The van der Waals surface area contributed by atoms with E-state index < -0.39 is 17.5 Å². The van der Waals surface area contributed by atoms with E-state index in [9.17, 15) is 14.4 Å². The summed E-state index contributed by atoms with van der Waals surface area (Å²) in [5.41, 5.74) is 0.377. The van der Waals surface area contributed by atoms with Crippen LogP contribution in [-0.2, 0) is 4.79 Å². The molecule has 0 unspecified atom stereocenters. The zero-order chi connectivity index (χ0) is 20.3. The zero-order valence-electron chi connectivity index (χ0n) is 15.5. The predicted octanol–water partition coefficient (Wildman–Crippen LogP) is 3.02. The van der Waals surface area contributed by atoms with Gasteiger partial charge in [-0.05, 0) is 30.3 Å². The number of carbonyl (C=O) groups is 2. The SMILES string of the molecule is CNc1c(NC(=O)c2ccc(OC(C)=O)c(OC)c2)c(=O)oc2ccccc12. The fraction of sp³-hybridized carbons (Fsp3) is 0.150. The van der Waals surface area contributed by atoms with Crippen LogP contribution < -0.4 is 25.7 Å². The first kappa shape index (κ1) is 19.0. The van der Waals surface area contributed by atoms with Crippen LogP contribution in [0, 0.1) is 0 Å². The maximum absolute atomic E-state index is 12.7. The summed E-state index contributed by atoms with van der Waals surface area (Å²) in [6, 6.07) is 11.3. The molecule has 0 saturated carbocycles. The summed E-state index contributed by atoms with van der Waals surface area (Å²) in [5, 5.41) is 6.17. The van der Waals surface area contributed by atoms with Gasteiger partial charge in [-0.25, -0.2) is 4.79 Å². The molecular weight excluding hydrogens is 364 g/mol. The van der Waals surface area contributed by atoms with Crippen molar-refractivity contribution in [1.29, 1.82) is 0 Å². The van der Waals surface area contributed by atoms with Crippen LogP contribution in [0.3, 0.4) is 0 Å². The monoisotopic (exact) mass is 382 g/mol. The van der Waals surface area contributed by atoms with E-state index in [1.165, 1.54) is 32.2 Å². The van der Waals surface area contributed by atoms with Gasteiger partial charge >= 0.3 is 11.6 Å². The number of para-hydroxylation sites is 1. The Balaban J connectivity index is 1.98. The van der Waals surface area contributed by atoms with Crippen molar-refractivity contribution in [1.82, 2.24) is 0 Å². The number of hydrogen-bond acceptors (Lipinski definition) is 7. The molecular formula is C20H18N2O6. The normalized spacial score (nSPS) is 10.4. The number of fused-ring (bicyclic) bond motifs is 1. The molecule has 1 amide bonds. The Morgan fingerprint density at radius 2 is 1.79 bits per heavy atom. The van der Waals surface area contributed by atoms with Gasteiger partial charge in [0.25, 0.3) is 5.91 Å². The first-order chi connectivity index (χ1) is 13.4. The lowest BCUT2D eigenvalue weighted by Crippen LogP contribution is -2.20. The maximum atomic E-state index is 12.7. The van der Waals surface area contributed by atoms with Crippen LogP contribution in [0.25, 0.3) is 11.0 Å². The van der Waals surface area contributed by atoms with Gasteiger partial charge in [0.15, 0.2) is 17.2 Å². The number of rotatable bonds is 5. The molecule has 2 N–H and O–H groups in total. The number of anilines is 2. The fourth-order valence-corrected chi connectivity index (χ4v) is 2.76. The smallest absolute Gasteiger partial charge is 0.362 e. The van der Waals surface area contributed by atoms with Crippen LogP contribution in [0.15, 0.2) is 51.7 Å². The van der Waals surface area contributed by atoms with Crippen molar-refractivity contribution in [2.75, 3.05) is 24.8 Å². The number of esters is 1.